The van der Waals surface area contributed by atoms with Crippen molar-refractivity contribution in [2.45, 2.75) is 38.0 Å². The zero-order valence-corrected chi connectivity index (χ0v) is 11.7. The first-order valence-electron chi connectivity index (χ1n) is 7.15. The third kappa shape index (κ3) is 2.95. The van der Waals surface area contributed by atoms with E-state index in [9.17, 15) is 4.79 Å². The van der Waals surface area contributed by atoms with Gasteiger partial charge in [0.05, 0.1) is 5.41 Å². The van der Waals surface area contributed by atoms with Crippen LogP contribution in [-0.2, 0) is 10.2 Å². The summed E-state index contributed by atoms with van der Waals surface area (Å²) in [5, 5.41) is 3.36. The summed E-state index contributed by atoms with van der Waals surface area (Å²) in [6, 6.07) is 10.3. The number of nitrogens with one attached hydrogen (secondary N) is 1. The lowest BCUT2D eigenvalue weighted by molar-refractivity contribution is -0.125. The van der Waals surface area contributed by atoms with Gasteiger partial charge < -0.3 is 5.32 Å². The minimum Gasteiger partial charge on any atom is -0.317 e. The van der Waals surface area contributed by atoms with Crippen molar-refractivity contribution in [1.29, 1.82) is 0 Å². The zero-order chi connectivity index (χ0) is 13.7. The van der Waals surface area contributed by atoms with Crippen LogP contribution in [0.4, 0.5) is 0 Å². The average Bonchev–Trinajstić information content (AvgIpc) is 2.48. The first-order chi connectivity index (χ1) is 9.19. The first-order valence-corrected chi connectivity index (χ1v) is 7.15. The van der Waals surface area contributed by atoms with E-state index in [0.717, 1.165) is 37.9 Å². The molecule has 0 spiro atoms. The highest BCUT2D eigenvalue weighted by molar-refractivity contribution is 5.92. The lowest BCUT2D eigenvalue weighted by Crippen LogP contribution is -2.45. The normalized spacial score (nSPS) is 17.9. The third-order valence-corrected chi connectivity index (χ3v) is 4.23. The fourth-order valence-corrected chi connectivity index (χ4v) is 2.86. The molecule has 1 heterocycles. The monoisotopic (exact) mass is 257 g/mol. The smallest absolute Gasteiger partial charge is 0.147 e. The molecule has 0 aliphatic carbocycles. The van der Waals surface area contributed by atoms with E-state index in [0.29, 0.717) is 12.2 Å². The van der Waals surface area contributed by atoms with Crippen LogP contribution in [0.2, 0.25) is 0 Å². The Hall–Kier alpha value is -1.41. The van der Waals surface area contributed by atoms with Crippen LogP contribution in [-0.4, -0.2) is 18.9 Å². The second-order valence-corrected chi connectivity index (χ2v) is 5.40. The van der Waals surface area contributed by atoms with Crippen molar-refractivity contribution < 1.29 is 4.79 Å². The van der Waals surface area contributed by atoms with E-state index < -0.39 is 0 Å². The Morgan fingerprint density at radius 1 is 1.26 bits per heavy atom. The average molecular weight is 257 g/mol. The number of piperidine rings is 1. The van der Waals surface area contributed by atoms with Gasteiger partial charge in [-0.15, -0.1) is 0 Å². The summed E-state index contributed by atoms with van der Waals surface area (Å²) in [4.78, 5) is 12.8. The SMILES string of the molecule is C=C(CC)CC(=O)C1(c2ccccc2)CCNCC1. The maximum Gasteiger partial charge on any atom is 0.147 e. The van der Waals surface area contributed by atoms with Crippen LogP contribution in [0.25, 0.3) is 0 Å². The van der Waals surface area contributed by atoms with Crippen LogP contribution < -0.4 is 5.32 Å². The fraction of sp³-hybridized carbons (Fsp3) is 0.471. The highest BCUT2D eigenvalue weighted by Crippen LogP contribution is 2.36. The molecule has 0 saturated carbocycles. The molecule has 1 aliphatic rings. The van der Waals surface area contributed by atoms with Gasteiger partial charge in [-0.3, -0.25) is 4.79 Å². The summed E-state index contributed by atoms with van der Waals surface area (Å²) in [6.07, 6.45) is 3.19. The molecule has 19 heavy (non-hydrogen) atoms. The summed E-state index contributed by atoms with van der Waals surface area (Å²) in [5.74, 6) is 0.340. The lowest BCUT2D eigenvalue weighted by atomic mass is 9.68. The predicted molar refractivity (Wildman–Crippen MR) is 79.3 cm³/mol. The van der Waals surface area contributed by atoms with E-state index >= 15 is 0 Å². The molecule has 102 valence electrons. The maximum absolute atomic E-state index is 12.8. The van der Waals surface area contributed by atoms with Gasteiger partial charge in [-0.2, -0.15) is 0 Å². The number of rotatable bonds is 5. The van der Waals surface area contributed by atoms with Crippen molar-refractivity contribution >= 4 is 5.78 Å². The minimum absolute atomic E-state index is 0.301. The van der Waals surface area contributed by atoms with Gasteiger partial charge in [-0.25, -0.2) is 0 Å². The van der Waals surface area contributed by atoms with E-state index in [1.165, 1.54) is 5.56 Å². The van der Waals surface area contributed by atoms with Crippen molar-refractivity contribution in [3.63, 3.8) is 0 Å². The van der Waals surface area contributed by atoms with E-state index in [-0.39, 0.29) is 5.41 Å². The Morgan fingerprint density at radius 2 is 1.89 bits per heavy atom. The number of hydrogen-bond acceptors (Lipinski definition) is 2. The summed E-state index contributed by atoms with van der Waals surface area (Å²) >= 11 is 0. The summed E-state index contributed by atoms with van der Waals surface area (Å²) in [6.45, 7) is 7.89. The number of carbonyl (C=O) groups excluding carboxylic acids is 1. The van der Waals surface area contributed by atoms with Gasteiger partial charge in [0.25, 0.3) is 0 Å². The Balaban J connectivity index is 2.29. The van der Waals surface area contributed by atoms with Gasteiger partial charge in [0.15, 0.2) is 0 Å². The summed E-state index contributed by atoms with van der Waals surface area (Å²) in [7, 11) is 0. The van der Waals surface area contributed by atoms with Crippen LogP contribution in [0.1, 0.15) is 38.2 Å². The third-order valence-electron chi connectivity index (χ3n) is 4.23. The molecule has 2 heteroatoms. The molecule has 0 radical (unpaired) electrons. The van der Waals surface area contributed by atoms with Crippen molar-refractivity contribution in [3.8, 4) is 0 Å². The molecule has 0 atom stereocenters. The van der Waals surface area contributed by atoms with Crippen molar-refractivity contribution in [2.75, 3.05) is 13.1 Å². The van der Waals surface area contributed by atoms with E-state index in [2.05, 4.69) is 31.0 Å². The van der Waals surface area contributed by atoms with Crippen molar-refractivity contribution in [3.05, 3.63) is 48.0 Å². The molecule has 2 nitrogen and oxygen atoms in total. The molecule has 2 rings (SSSR count). The molecule has 1 aliphatic heterocycles. The summed E-state index contributed by atoms with van der Waals surface area (Å²) < 4.78 is 0. The predicted octanol–water partition coefficient (Wildman–Crippen LogP) is 3.23. The highest BCUT2D eigenvalue weighted by Gasteiger charge is 2.40. The molecule has 1 aromatic rings. The van der Waals surface area contributed by atoms with E-state index in [4.69, 9.17) is 0 Å². The summed E-state index contributed by atoms with van der Waals surface area (Å²) in [5.41, 5.74) is 1.91. The molecule has 1 saturated heterocycles. The van der Waals surface area contributed by atoms with Crippen LogP contribution in [0.5, 0.6) is 0 Å². The van der Waals surface area contributed by atoms with Crippen LogP contribution in [0.15, 0.2) is 42.5 Å². The quantitative estimate of drug-likeness (QED) is 0.821. The van der Waals surface area contributed by atoms with Crippen molar-refractivity contribution in [2.24, 2.45) is 0 Å². The number of carbonyl (C=O) groups is 1. The van der Waals surface area contributed by atoms with E-state index in [1.54, 1.807) is 0 Å². The number of allylic oxidation sites excluding steroid dienone is 1. The minimum atomic E-state index is -0.301. The Labute approximate surface area is 115 Å². The van der Waals surface area contributed by atoms with Gasteiger partial charge in [0.1, 0.15) is 5.78 Å². The lowest BCUT2D eigenvalue weighted by Gasteiger charge is -2.37. The standard InChI is InChI=1S/C17H23NO/c1-3-14(2)13-16(19)17(9-11-18-12-10-17)15-7-5-4-6-8-15/h4-8,18H,2-3,9-13H2,1H3. The van der Waals surface area contributed by atoms with Crippen LogP contribution in [0.3, 0.4) is 0 Å². The second-order valence-electron chi connectivity index (χ2n) is 5.40. The number of ketones is 1. The number of Topliss-reactive ketones (excluding diaryl/α,β-unsaturated/α-hetero) is 1. The van der Waals surface area contributed by atoms with Gasteiger partial charge in [0.2, 0.25) is 0 Å². The van der Waals surface area contributed by atoms with Crippen LogP contribution in [0, 0.1) is 0 Å². The molecule has 1 fully saturated rings. The van der Waals surface area contributed by atoms with Crippen LogP contribution >= 0.6 is 0 Å². The second kappa shape index (κ2) is 6.16. The fourth-order valence-electron chi connectivity index (χ4n) is 2.86. The number of hydrogen-bond donors (Lipinski definition) is 1. The molecule has 0 amide bonds. The van der Waals surface area contributed by atoms with E-state index in [1.807, 2.05) is 18.2 Å². The largest absolute Gasteiger partial charge is 0.317 e. The van der Waals surface area contributed by atoms with Crippen molar-refractivity contribution in [1.82, 2.24) is 5.32 Å². The Kier molecular flexibility index (Phi) is 4.54. The Morgan fingerprint density at radius 3 is 2.47 bits per heavy atom. The topological polar surface area (TPSA) is 29.1 Å². The van der Waals surface area contributed by atoms with Gasteiger partial charge in [-0.1, -0.05) is 49.4 Å². The molecular formula is C17H23NO. The highest BCUT2D eigenvalue weighted by atomic mass is 16.1. The zero-order valence-electron chi connectivity index (χ0n) is 11.7. The molecule has 0 unspecified atom stereocenters. The Bertz CT molecular complexity index is 444. The molecule has 0 aromatic heterocycles. The van der Waals surface area contributed by atoms with Gasteiger partial charge >= 0.3 is 0 Å². The maximum atomic E-state index is 12.8. The van der Waals surface area contributed by atoms with Gasteiger partial charge in [0, 0.05) is 6.42 Å². The number of benzene rings is 1. The first kappa shape index (κ1) is 14.0. The molecule has 1 N–H and O–H groups in total. The molecular weight excluding hydrogens is 234 g/mol. The molecule has 0 bridgehead atoms. The van der Waals surface area contributed by atoms with Gasteiger partial charge in [-0.05, 0) is 37.9 Å². The molecule has 1 aromatic carbocycles.